The third-order valence-electron chi connectivity index (χ3n) is 1.87. The summed E-state index contributed by atoms with van der Waals surface area (Å²) in [5.41, 5.74) is 0. The van der Waals surface area contributed by atoms with Gasteiger partial charge < -0.3 is 44.9 Å². The van der Waals surface area contributed by atoms with Gasteiger partial charge in [0.15, 0.2) is 6.29 Å². The van der Waals surface area contributed by atoms with Gasteiger partial charge in [-0.05, 0) is 0 Å². The Hall–Kier alpha value is -0.260. The summed E-state index contributed by atoms with van der Waals surface area (Å²) in [5.74, 6) is 0. The van der Waals surface area contributed by atoms with E-state index in [1.165, 1.54) is 0 Å². The van der Waals surface area contributed by atoms with Gasteiger partial charge in [-0.3, -0.25) is 9.11 Å². The lowest BCUT2D eigenvalue weighted by atomic mass is 10.00. The maximum atomic E-state index is 9.12. The number of aliphatic hydroxyl groups excluding tert-OH is 5. The molecule has 1 unspecified atom stereocenters. The second-order valence-corrected chi connectivity index (χ2v) is 5.60. The number of hydrogen-bond acceptors (Lipinski definition) is 9. The zero-order chi connectivity index (χ0) is 18.3. The largest absolute Gasteiger partial charge is 0.466 e. The van der Waals surface area contributed by atoms with Crippen molar-refractivity contribution < 1.29 is 67.0 Å². The summed E-state index contributed by atoms with van der Waals surface area (Å²) >= 11 is 0. The maximum absolute atomic E-state index is 9.12. The minimum Gasteiger partial charge on any atom is -0.394 e. The van der Waals surface area contributed by atoms with Crippen LogP contribution < -0.4 is 0 Å². The molecule has 1 heterocycles. The van der Waals surface area contributed by atoms with Gasteiger partial charge in [-0.25, -0.2) is 4.57 Å². The minimum atomic E-state index is -4.67. The van der Waals surface area contributed by atoms with Gasteiger partial charge >= 0.3 is 18.2 Å². The van der Waals surface area contributed by atoms with E-state index in [0.29, 0.717) is 0 Å². The number of phosphoric acid groups is 1. The van der Waals surface area contributed by atoms with Crippen LogP contribution in [-0.2, 0) is 19.7 Å². The summed E-state index contributed by atoms with van der Waals surface area (Å²) in [4.78, 5) is 21.6. The highest BCUT2D eigenvalue weighted by Crippen LogP contribution is 2.25. The van der Waals surface area contributed by atoms with Gasteiger partial charge in [0.05, 0.1) is 6.61 Å². The molecule has 1 aliphatic heterocycles. The second-order valence-electron chi connectivity index (χ2n) is 3.68. The Morgan fingerprint density at radius 1 is 0.909 bits per heavy atom. The smallest absolute Gasteiger partial charge is 0.394 e. The molecule has 136 valence electrons. The van der Waals surface area contributed by atoms with Gasteiger partial charge in [0, 0.05) is 0 Å². The zero-order valence-electron chi connectivity index (χ0n) is 10.6. The first-order valence-electron chi connectivity index (χ1n) is 5.04. The van der Waals surface area contributed by atoms with Crippen LogP contribution >= 0.6 is 7.82 Å². The van der Waals surface area contributed by atoms with Crippen LogP contribution in [-0.4, -0.2) is 95.0 Å². The highest BCUT2D eigenvalue weighted by molar-refractivity contribution is 7.79. The van der Waals surface area contributed by atoms with Gasteiger partial charge in [-0.2, -0.15) is 8.42 Å². The van der Waals surface area contributed by atoms with Crippen molar-refractivity contribution in [3.8, 4) is 0 Å². The Morgan fingerprint density at radius 2 is 1.23 bits per heavy atom. The van der Waals surface area contributed by atoms with Gasteiger partial charge in [-0.1, -0.05) is 0 Å². The molecule has 1 rings (SSSR count). The van der Waals surface area contributed by atoms with Crippen molar-refractivity contribution in [2.75, 3.05) is 6.61 Å². The van der Waals surface area contributed by atoms with E-state index >= 15 is 0 Å². The molecule has 14 nitrogen and oxygen atoms in total. The van der Waals surface area contributed by atoms with Crippen LogP contribution in [0, 0.1) is 0 Å². The normalized spacial score (nSPS) is 32.2. The van der Waals surface area contributed by atoms with Crippen molar-refractivity contribution in [2.45, 2.75) is 30.7 Å². The van der Waals surface area contributed by atoms with E-state index in [9.17, 15) is 0 Å². The Labute approximate surface area is 123 Å². The molecule has 0 radical (unpaired) electrons. The van der Waals surface area contributed by atoms with Gasteiger partial charge in [-0.15, -0.1) is 0 Å². The van der Waals surface area contributed by atoms with Crippen molar-refractivity contribution in [3.63, 3.8) is 0 Å². The minimum absolute atomic E-state index is 0.526. The number of rotatable bonds is 1. The van der Waals surface area contributed by atoms with Crippen LogP contribution in [0.1, 0.15) is 0 Å². The molecule has 0 amide bonds. The summed E-state index contributed by atoms with van der Waals surface area (Å²) in [5, 5.41) is 44.7. The highest BCUT2D eigenvalue weighted by Gasteiger charge is 2.42. The molecule has 22 heavy (non-hydrogen) atoms. The molecule has 5 atom stereocenters. The lowest BCUT2D eigenvalue weighted by Crippen LogP contribution is -2.58. The summed E-state index contributed by atoms with van der Waals surface area (Å²) in [6.45, 7) is -0.526. The van der Waals surface area contributed by atoms with E-state index in [1.807, 2.05) is 0 Å². The van der Waals surface area contributed by atoms with Crippen molar-refractivity contribution in [1.82, 2.24) is 0 Å². The van der Waals surface area contributed by atoms with Crippen LogP contribution in [0.4, 0.5) is 0 Å². The number of hydrogen-bond donors (Lipinski definition) is 10. The fraction of sp³-hybridized carbons (Fsp3) is 1.00. The SMILES string of the molecule is O=P(O)(O)O.O=S(=O)(O)O.OC[C@H]1OC(O)[C@@H](O)[C@@H](O)[C@@H]1O. The molecule has 16 heteroatoms. The monoisotopic (exact) mass is 376 g/mol. The van der Waals surface area contributed by atoms with E-state index in [4.69, 9.17) is 62.3 Å². The molecule has 0 aliphatic carbocycles. The Kier molecular flexibility index (Phi) is 10.7. The van der Waals surface area contributed by atoms with Crippen molar-refractivity contribution in [3.05, 3.63) is 0 Å². The quantitative estimate of drug-likeness (QED) is 0.152. The summed E-state index contributed by atoms with van der Waals surface area (Å²) < 4.78 is 45.0. The van der Waals surface area contributed by atoms with Crippen LogP contribution in [0.25, 0.3) is 0 Å². The van der Waals surface area contributed by atoms with Crippen LogP contribution in [0.15, 0.2) is 0 Å². The van der Waals surface area contributed by atoms with Gasteiger partial charge in [0.25, 0.3) is 0 Å². The van der Waals surface area contributed by atoms with Crippen molar-refractivity contribution in [1.29, 1.82) is 0 Å². The molecule has 1 saturated heterocycles. The van der Waals surface area contributed by atoms with E-state index in [-0.39, 0.29) is 0 Å². The van der Waals surface area contributed by atoms with E-state index in [1.54, 1.807) is 0 Å². The summed E-state index contributed by atoms with van der Waals surface area (Å²) in [6.07, 6.45) is -7.04. The van der Waals surface area contributed by atoms with Gasteiger partial charge in [0.2, 0.25) is 0 Å². The van der Waals surface area contributed by atoms with Crippen LogP contribution in [0.5, 0.6) is 0 Å². The van der Waals surface area contributed by atoms with Crippen LogP contribution in [0.3, 0.4) is 0 Å². The first-order chi connectivity index (χ1) is 9.57. The average molecular weight is 376 g/mol. The molecular weight excluding hydrogens is 359 g/mol. The maximum Gasteiger partial charge on any atom is 0.466 e. The second kappa shape index (κ2) is 9.78. The molecule has 0 spiro atoms. The Balaban J connectivity index is 0. The molecular formula is C6H17O14PS. The molecule has 0 aromatic heterocycles. The summed E-state index contributed by atoms with van der Waals surface area (Å²) in [7, 11) is -9.31. The predicted octanol–water partition coefficient (Wildman–Crippen LogP) is -4.80. The molecule has 0 saturated carbocycles. The molecule has 0 aromatic rings. The lowest BCUT2D eigenvalue weighted by Gasteiger charge is -2.37. The van der Waals surface area contributed by atoms with E-state index in [0.717, 1.165) is 0 Å². The average Bonchev–Trinajstić information content (AvgIpc) is 2.27. The van der Waals surface area contributed by atoms with E-state index < -0.39 is 55.5 Å². The standard InChI is InChI=1S/C6H12O6.H3O4P.H2O4S/c7-1-2-3(8)4(9)5(10)6(11)12-2;2*1-5(2,3)4/h2-11H,1H2;(H3,1,2,3,4);(H2,1,2,3,4)/t2-,3-,4+,5+,6?;;/m1../s1. The topological polar surface area (TPSA) is 263 Å². The summed E-state index contributed by atoms with van der Waals surface area (Å²) in [6, 6.07) is 0. The van der Waals surface area contributed by atoms with Crippen molar-refractivity contribution >= 4 is 18.2 Å². The molecule has 0 bridgehead atoms. The fourth-order valence-corrected chi connectivity index (χ4v) is 1.08. The van der Waals surface area contributed by atoms with E-state index in [2.05, 4.69) is 4.74 Å². The first kappa shape index (κ1) is 24.0. The Morgan fingerprint density at radius 3 is 1.50 bits per heavy atom. The zero-order valence-corrected chi connectivity index (χ0v) is 12.3. The number of ether oxygens (including phenoxy) is 1. The number of aliphatic hydroxyl groups is 5. The predicted molar refractivity (Wildman–Crippen MR) is 64.4 cm³/mol. The highest BCUT2D eigenvalue weighted by atomic mass is 32.3. The molecule has 10 N–H and O–H groups in total. The Bertz CT molecular complexity index is 423. The molecule has 0 aromatic carbocycles. The lowest BCUT2D eigenvalue weighted by molar-refractivity contribution is -0.286. The fourth-order valence-electron chi connectivity index (χ4n) is 1.08. The third-order valence-corrected chi connectivity index (χ3v) is 1.87. The van der Waals surface area contributed by atoms with Gasteiger partial charge in [0.1, 0.15) is 24.4 Å². The molecule has 1 fully saturated rings. The third kappa shape index (κ3) is 14.7. The van der Waals surface area contributed by atoms with Crippen LogP contribution in [0.2, 0.25) is 0 Å². The first-order valence-corrected chi connectivity index (χ1v) is 8.01. The molecule has 1 aliphatic rings. The van der Waals surface area contributed by atoms with Crippen molar-refractivity contribution in [2.24, 2.45) is 0 Å².